The van der Waals surface area contributed by atoms with Gasteiger partial charge in [-0.05, 0) is 24.3 Å². The van der Waals surface area contributed by atoms with Crippen LogP contribution in [0.25, 0.3) is 0 Å². The van der Waals surface area contributed by atoms with Crippen LogP contribution in [0.15, 0.2) is 39.1 Å². The lowest BCUT2D eigenvalue weighted by Gasteiger charge is -2.04. The number of nitrogens with zero attached hydrogens (tertiary/aromatic N) is 2. The molecule has 0 aromatic heterocycles. The fraction of sp³-hybridized carbons (Fsp3) is 0.273. The van der Waals surface area contributed by atoms with E-state index in [2.05, 4.69) is 23.8 Å². The van der Waals surface area contributed by atoms with E-state index in [4.69, 9.17) is 17.2 Å². The molecule has 1 rings (SSSR count). The van der Waals surface area contributed by atoms with Gasteiger partial charge in [-0.1, -0.05) is 13.8 Å². The Morgan fingerprint density at radius 2 is 1.71 bits per heavy atom. The van der Waals surface area contributed by atoms with Crippen LogP contribution in [0.1, 0.15) is 13.8 Å². The fourth-order valence-corrected chi connectivity index (χ4v) is 2.00. The lowest BCUT2D eigenvalue weighted by atomic mass is 10.3. The van der Waals surface area contributed by atoms with E-state index >= 15 is 0 Å². The number of benzene rings is 1. The molecule has 6 heteroatoms. The summed E-state index contributed by atoms with van der Waals surface area (Å²) in [6.45, 7) is 4.29. The van der Waals surface area contributed by atoms with Gasteiger partial charge in [-0.2, -0.15) is 4.99 Å². The van der Waals surface area contributed by atoms with E-state index < -0.39 is 0 Å². The molecule has 0 bridgehead atoms. The molecule has 0 amide bonds. The Hall–Kier alpha value is -1.69. The third-order valence-electron chi connectivity index (χ3n) is 1.70. The Morgan fingerprint density at radius 3 is 2.18 bits per heavy atom. The largest absolute Gasteiger partial charge is 0.370 e. The summed E-state index contributed by atoms with van der Waals surface area (Å²) in [5.41, 5.74) is 16.6. The third-order valence-corrected chi connectivity index (χ3v) is 2.71. The molecule has 0 unspecified atom stereocenters. The molecule has 92 valence electrons. The highest BCUT2D eigenvalue weighted by atomic mass is 32.2. The molecule has 0 heterocycles. The van der Waals surface area contributed by atoms with Crippen molar-refractivity contribution in [1.82, 2.24) is 0 Å². The molecule has 1 aromatic carbocycles. The van der Waals surface area contributed by atoms with Gasteiger partial charge in [0.15, 0.2) is 5.96 Å². The van der Waals surface area contributed by atoms with E-state index in [9.17, 15) is 0 Å². The molecule has 0 aliphatic carbocycles. The first-order valence-electron chi connectivity index (χ1n) is 5.18. The van der Waals surface area contributed by atoms with Crippen molar-refractivity contribution in [2.45, 2.75) is 24.0 Å². The average molecular weight is 251 g/mol. The molecule has 17 heavy (non-hydrogen) atoms. The highest BCUT2D eigenvalue weighted by Gasteiger charge is 1.98. The van der Waals surface area contributed by atoms with Crippen LogP contribution in [0, 0.1) is 0 Å². The van der Waals surface area contributed by atoms with Crippen LogP contribution in [0.3, 0.4) is 0 Å². The van der Waals surface area contributed by atoms with Crippen molar-refractivity contribution in [2.24, 2.45) is 27.2 Å². The number of rotatable bonds is 3. The maximum absolute atomic E-state index is 5.52. The minimum atomic E-state index is -0.0989. The Morgan fingerprint density at radius 1 is 1.12 bits per heavy atom. The van der Waals surface area contributed by atoms with E-state index in [1.54, 1.807) is 11.8 Å². The van der Waals surface area contributed by atoms with Crippen molar-refractivity contribution in [3.05, 3.63) is 24.3 Å². The van der Waals surface area contributed by atoms with Gasteiger partial charge >= 0.3 is 0 Å². The number of nitrogens with two attached hydrogens (primary N) is 3. The van der Waals surface area contributed by atoms with E-state index in [1.165, 1.54) is 4.90 Å². The predicted octanol–water partition coefficient (Wildman–Crippen LogP) is 1.41. The summed E-state index contributed by atoms with van der Waals surface area (Å²) >= 11 is 1.79. The van der Waals surface area contributed by atoms with Crippen LogP contribution in [0.2, 0.25) is 0 Å². The Kier molecular flexibility index (Phi) is 4.84. The second kappa shape index (κ2) is 6.15. The standard InChI is InChI=1S/C11H17N5S/c1-7(2)17-9-5-3-8(4-6-9)15-11(14)16-10(12)13/h3-7H,1-2H3,(H6,12,13,14,15,16). The van der Waals surface area contributed by atoms with Crippen molar-refractivity contribution in [3.63, 3.8) is 0 Å². The molecule has 0 atom stereocenters. The van der Waals surface area contributed by atoms with Crippen LogP contribution in [-0.4, -0.2) is 17.2 Å². The summed E-state index contributed by atoms with van der Waals surface area (Å²) in [5.74, 6) is -0.0486. The summed E-state index contributed by atoms with van der Waals surface area (Å²) < 4.78 is 0. The zero-order valence-electron chi connectivity index (χ0n) is 9.92. The maximum atomic E-state index is 5.52. The fourth-order valence-electron chi connectivity index (χ4n) is 1.16. The molecule has 0 aliphatic rings. The van der Waals surface area contributed by atoms with Gasteiger partial charge in [-0.25, -0.2) is 4.99 Å². The number of guanidine groups is 2. The van der Waals surface area contributed by atoms with Crippen molar-refractivity contribution < 1.29 is 0 Å². The van der Waals surface area contributed by atoms with Gasteiger partial charge in [0.25, 0.3) is 0 Å². The SMILES string of the molecule is CC(C)Sc1ccc(N=C(N)N=C(N)N)cc1. The Balaban J connectivity index is 2.78. The number of thioether (sulfide) groups is 1. The normalized spacial score (nSPS) is 11.6. The predicted molar refractivity (Wildman–Crippen MR) is 74.5 cm³/mol. The minimum absolute atomic E-state index is 0.0502. The molecule has 0 saturated heterocycles. The molecular weight excluding hydrogens is 234 g/mol. The number of hydrogen-bond acceptors (Lipinski definition) is 2. The number of hydrogen-bond donors (Lipinski definition) is 3. The maximum Gasteiger partial charge on any atom is 0.223 e. The van der Waals surface area contributed by atoms with Crippen LogP contribution in [0.4, 0.5) is 5.69 Å². The summed E-state index contributed by atoms with van der Waals surface area (Å²) in [4.78, 5) is 8.89. The van der Waals surface area contributed by atoms with Crippen LogP contribution < -0.4 is 17.2 Å². The second-order valence-electron chi connectivity index (χ2n) is 3.67. The lowest BCUT2D eigenvalue weighted by molar-refractivity contribution is 1.11. The monoisotopic (exact) mass is 251 g/mol. The molecule has 1 aromatic rings. The first kappa shape index (κ1) is 13.4. The second-order valence-corrected chi connectivity index (χ2v) is 5.32. The smallest absolute Gasteiger partial charge is 0.223 e. The first-order valence-corrected chi connectivity index (χ1v) is 6.06. The van der Waals surface area contributed by atoms with Crippen molar-refractivity contribution in [1.29, 1.82) is 0 Å². The van der Waals surface area contributed by atoms with Crippen molar-refractivity contribution in [2.75, 3.05) is 0 Å². The van der Waals surface area contributed by atoms with Gasteiger partial charge in [-0.15, -0.1) is 11.8 Å². The molecule has 0 fully saturated rings. The molecule has 0 saturated carbocycles. The van der Waals surface area contributed by atoms with Gasteiger partial charge in [0, 0.05) is 10.1 Å². The third kappa shape index (κ3) is 5.26. The van der Waals surface area contributed by atoms with Crippen molar-refractivity contribution >= 4 is 29.4 Å². The van der Waals surface area contributed by atoms with Crippen LogP contribution in [0.5, 0.6) is 0 Å². The molecule has 0 aliphatic heterocycles. The Bertz CT molecular complexity index is 418. The minimum Gasteiger partial charge on any atom is -0.370 e. The van der Waals surface area contributed by atoms with Crippen LogP contribution >= 0.6 is 11.8 Å². The average Bonchev–Trinajstić information content (AvgIpc) is 2.18. The summed E-state index contributed by atoms with van der Waals surface area (Å²) in [5, 5.41) is 0.552. The summed E-state index contributed by atoms with van der Waals surface area (Å²) in [6, 6.07) is 7.73. The number of aliphatic imine (C=N–C) groups is 2. The molecule has 0 radical (unpaired) electrons. The van der Waals surface area contributed by atoms with Gasteiger partial charge in [0.2, 0.25) is 5.96 Å². The molecule has 5 nitrogen and oxygen atoms in total. The lowest BCUT2D eigenvalue weighted by Crippen LogP contribution is -2.26. The summed E-state index contributed by atoms with van der Waals surface area (Å²) in [7, 11) is 0. The zero-order valence-corrected chi connectivity index (χ0v) is 10.7. The van der Waals surface area contributed by atoms with E-state index in [-0.39, 0.29) is 11.9 Å². The quantitative estimate of drug-likeness (QED) is 0.429. The molecule has 6 N–H and O–H groups in total. The summed E-state index contributed by atoms with van der Waals surface area (Å²) in [6.07, 6.45) is 0. The first-order chi connectivity index (χ1) is 7.97. The van der Waals surface area contributed by atoms with Crippen LogP contribution in [-0.2, 0) is 0 Å². The Labute approximate surface area is 105 Å². The zero-order chi connectivity index (χ0) is 12.8. The van der Waals surface area contributed by atoms with E-state index in [0.717, 1.165) is 5.69 Å². The van der Waals surface area contributed by atoms with Gasteiger partial charge in [0.05, 0.1) is 5.69 Å². The highest BCUT2D eigenvalue weighted by Crippen LogP contribution is 2.24. The molecule has 0 spiro atoms. The van der Waals surface area contributed by atoms with Crippen molar-refractivity contribution in [3.8, 4) is 0 Å². The van der Waals surface area contributed by atoms with Gasteiger partial charge in [0.1, 0.15) is 0 Å². The molecular formula is C11H17N5S. The van der Waals surface area contributed by atoms with E-state index in [0.29, 0.717) is 5.25 Å². The highest BCUT2D eigenvalue weighted by molar-refractivity contribution is 7.99. The topological polar surface area (TPSA) is 103 Å². The van der Waals surface area contributed by atoms with Gasteiger partial charge < -0.3 is 17.2 Å². The van der Waals surface area contributed by atoms with Gasteiger partial charge in [-0.3, -0.25) is 0 Å². The van der Waals surface area contributed by atoms with E-state index in [1.807, 2.05) is 24.3 Å².